The highest BCUT2D eigenvalue weighted by Gasteiger charge is 2.35. The van der Waals surface area contributed by atoms with Crippen molar-refractivity contribution in [2.75, 3.05) is 13.2 Å². The number of carbonyl (C=O) groups is 2. The van der Waals surface area contributed by atoms with Crippen molar-refractivity contribution in [1.29, 1.82) is 0 Å². The minimum atomic E-state index is -0.277. The van der Waals surface area contributed by atoms with E-state index in [0.717, 1.165) is 12.8 Å². The van der Waals surface area contributed by atoms with Crippen LogP contribution in [0.25, 0.3) is 0 Å². The number of carbonyl (C=O) groups excluding carboxylic acids is 2. The number of esters is 1. The molecule has 0 aromatic carbocycles. The number of amides is 1. The molecule has 17 heavy (non-hydrogen) atoms. The fraction of sp³-hybridized carbons (Fsp3) is 0.846. The summed E-state index contributed by atoms with van der Waals surface area (Å²) in [5, 5.41) is 0. The molecule has 0 bridgehead atoms. The highest BCUT2D eigenvalue weighted by atomic mass is 16.5. The standard InChI is InChI=1S/C13H21NO3/c1-2-17-13(16)9-14(11-6-7-11)12(15)8-10-4-3-5-10/h10-11H,2-9H2,1H3. The van der Waals surface area contributed by atoms with Gasteiger partial charge in [-0.3, -0.25) is 9.59 Å². The quantitative estimate of drug-likeness (QED) is 0.663. The molecule has 0 unspecified atom stereocenters. The van der Waals surface area contributed by atoms with E-state index >= 15 is 0 Å². The highest BCUT2D eigenvalue weighted by Crippen LogP contribution is 2.32. The molecule has 0 heterocycles. The molecule has 2 saturated carbocycles. The molecule has 0 aliphatic heterocycles. The van der Waals surface area contributed by atoms with Gasteiger partial charge in [-0.25, -0.2) is 0 Å². The van der Waals surface area contributed by atoms with Gasteiger partial charge in [-0.15, -0.1) is 0 Å². The third-order valence-electron chi connectivity index (χ3n) is 3.60. The Hall–Kier alpha value is -1.06. The Morgan fingerprint density at radius 1 is 1.24 bits per heavy atom. The van der Waals surface area contributed by atoms with Crippen molar-refractivity contribution in [2.24, 2.45) is 5.92 Å². The van der Waals surface area contributed by atoms with E-state index < -0.39 is 0 Å². The average molecular weight is 239 g/mol. The Morgan fingerprint density at radius 2 is 1.94 bits per heavy atom. The molecule has 0 atom stereocenters. The second-order valence-corrected chi connectivity index (χ2v) is 5.06. The lowest BCUT2D eigenvalue weighted by atomic mass is 9.82. The zero-order valence-corrected chi connectivity index (χ0v) is 10.5. The molecule has 96 valence electrons. The number of hydrogen-bond donors (Lipinski definition) is 0. The first-order valence-corrected chi connectivity index (χ1v) is 6.65. The van der Waals surface area contributed by atoms with Crippen LogP contribution in [0.4, 0.5) is 0 Å². The summed E-state index contributed by atoms with van der Waals surface area (Å²) in [5.41, 5.74) is 0. The van der Waals surface area contributed by atoms with E-state index in [1.807, 2.05) is 0 Å². The lowest BCUT2D eigenvalue weighted by molar-refractivity contribution is -0.149. The molecule has 0 spiro atoms. The largest absolute Gasteiger partial charge is 0.465 e. The van der Waals surface area contributed by atoms with Gasteiger partial charge in [0.05, 0.1) is 6.61 Å². The Morgan fingerprint density at radius 3 is 2.41 bits per heavy atom. The van der Waals surface area contributed by atoms with Crippen LogP contribution in [-0.4, -0.2) is 36.0 Å². The number of rotatable bonds is 6. The van der Waals surface area contributed by atoms with Crippen molar-refractivity contribution in [1.82, 2.24) is 4.90 Å². The van der Waals surface area contributed by atoms with Gasteiger partial charge in [0.1, 0.15) is 6.54 Å². The summed E-state index contributed by atoms with van der Waals surface area (Å²) in [6.07, 6.45) is 6.29. The molecule has 0 radical (unpaired) electrons. The van der Waals surface area contributed by atoms with Crippen LogP contribution in [0.15, 0.2) is 0 Å². The molecule has 2 aliphatic rings. The number of nitrogens with zero attached hydrogens (tertiary/aromatic N) is 1. The van der Waals surface area contributed by atoms with E-state index in [4.69, 9.17) is 4.74 Å². The zero-order chi connectivity index (χ0) is 12.3. The van der Waals surface area contributed by atoms with Crippen LogP contribution in [0, 0.1) is 5.92 Å². The Bertz CT molecular complexity index is 295. The summed E-state index contributed by atoms with van der Waals surface area (Å²) in [4.78, 5) is 25.3. The van der Waals surface area contributed by atoms with Gasteiger partial charge in [-0.05, 0) is 38.5 Å². The average Bonchev–Trinajstić information content (AvgIpc) is 3.04. The van der Waals surface area contributed by atoms with Gasteiger partial charge in [-0.2, -0.15) is 0 Å². The van der Waals surface area contributed by atoms with Crippen molar-refractivity contribution in [3.05, 3.63) is 0 Å². The van der Waals surface area contributed by atoms with Crippen LogP contribution < -0.4 is 0 Å². The maximum atomic E-state index is 12.1. The summed E-state index contributed by atoms with van der Waals surface area (Å²) in [6.45, 7) is 2.31. The summed E-state index contributed by atoms with van der Waals surface area (Å²) in [6, 6.07) is 0.298. The lowest BCUT2D eigenvalue weighted by Crippen LogP contribution is -2.39. The molecule has 2 rings (SSSR count). The van der Waals surface area contributed by atoms with Gasteiger partial charge in [0, 0.05) is 12.5 Å². The molecular formula is C13H21NO3. The summed E-state index contributed by atoms with van der Waals surface area (Å²) in [5.74, 6) is 0.428. The van der Waals surface area contributed by atoms with Crippen molar-refractivity contribution in [3.63, 3.8) is 0 Å². The van der Waals surface area contributed by atoms with Gasteiger partial charge in [0.2, 0.25) is 5.91 Å². The fourth-order valence-electron chi connectivity index (χ4n) is 2.21. The minimum Gasteiger partial charge on any atom is -0.465 e. The van der Waals surface area contributed by atoms with Crippen LogP contribution in [0.2, 0.25) is 0 Å². The van der Waals surface area contributed by atoms with Gasteiger partial charge in [-0.1, -0.05) is 6.42 Å². The first-order valence-electron chi connectivity index (χ1n) is 6.65. The maximum absolute atomic E-state index is 12.1. The smallest absolute Gasteiger partial charge is 0.325 e. The molecule has 0 N–H and O–H groups in total. The van der Waals surface area contributed by atoms with Crippen molar-refractivity contribution in [2.45, 2.75) is 51.5 Å². The van der Waals surface area contributed by atoms with Gasteiger partial charge < -0.3 is 9.64 Å². The lowest BCUT2D eigenvalue weighted by Gasteiger charge is -2.28. The van der Waals surface area contributed by atoms with Gasteiger partial charge in [0.25, 0.3) is 0 Å². The molecule has 4 heteroatoms. The number of hydrogen-bond acceptors (Lipinski definition) is 3. The molecule has 4 nitrogen and oxygen atoms in total. The van der Waals surface area contributed by atoms with Crippen LogP contribution in [0.5, 0.6) is 0 Å². The summed E-state index contributed by atoms with van der Waals surface area (Å²) < 4.78 is 4.91. The van der Waals surface area contributed by atoms with E-state index in [1.165, 1.54) is 19.3 Å². The molecule has 0 aromatic heterocycles. The second kappa shape index (κ2) is 5.52. The first-order chi connectivity index (χ1) is 8.20. The molecule has 0 aromatic rings. The Labute approximate surface area is 102 Å². The molecule has 0 saturated heterocycles. The predicted octanol–water partition coefficient (Wildman–Crippen LogP) is 1.73. The molecule has 1 amide bonds. The molecular weight excluding hydrogens is 218 g/mol. The van der Waals surface area contributed by atoms with Gasteiger partial charge in [0.15, 0.2) is 0 Å². The Balaban J connectivity index is 1.82. The normalized spacial score (nSPS) is 19.6. The third kappa shape index (κ3) is 3.45. The topological polar surface area (TPSA) is 46.6 Å². The van der Waals surface area contributed by atoms with Crippen LogP contribution >= 0.6 is 0 Å². The molecule has 2 fully saturated rings. The third-order valence-corrected chi connectivity index (χ3v) is 3.60. The second-order valence-electron chi connectivity index (χ2n) is 5.06. The minimum absolute atomic E-state index is 0.143. The van der Waals surface area contributed by atoms with Gasteiger partial charge >= 0.3 is 5.97 Å². The SMILES string of the molecule is CCOC(=O)CN(C(=O)CC1CCC1)C1CC1. The summed E-state index contributed by atoms with van der Waals surface area (Å²) in [7, 11) is 0. The fourth-order valence-corrected chi connectivity index (χ4v) is 2.21. The van der Waals surface area contributed by atoms with E-state index in [9.17, 15) is 9.59 Å². The zero-order valence-electron chi connectivity index (χ0n) is 10.5. The van der Waals surface area contributed by atoms with Crippen LogP contribution in [0.3, 0.4) is 0 Å². The summed E-state index contributed by atoms with van der Waals surface area (Å²) >= 11 is 0. The predicted molar refractivity (Wildman–Crippen MR) is 63.3 cm³/mol. The van der Waals surface area contributed by atoms with E-state index in [2.05, 4.69) is 0 Å². The van der Waals surface area contributed by atoms with Crippen molar-refractivity contribution < 1.29 is 14.3 Å². The van der Waals surface area contributed by atoms with E-state index in [1.54, 1.807) is 11.8 Å². The monoisotopic (exact) mass is 239 g/mol. The van der Waals surface area contributed by atoms with Crippen molar-refractivity contribution >= 4 is 11.9 Å². The highest BCUT2D eigenvalue weighted by molar-refractivity contribution is 5.82. The van der Waals surface area contributed by atoms with E-state index in [-0.39, 0.29) is 18.4 Å². The molecule has 2 aliphatic carbocycles. The maximum Gasteiger partial charge on any atom is 0.325 e. The number of ether oxygens (including phenoxy) is 1. The van der Waals surface area contributed by atoms with Crippen LogP contribution in [0.1, 0.15) is 45.4 Å². The van der Waals surface area contributed by atoms with Crippen LogP contribution in [-0.2, 0) is 14.3 Å². The van der Waals surface area contributed by atoms with Crippen molar-refractivity contribution in [3.8, 4) is 0 Å². The van der Waals surface area contributed by atoms with E-state index in [0.29, 0.717) is 25.0 Å². The Kier molecular flexibility index (Phi) is 4.02. The first kappa shape index (κ1) is 12.4.